The summed E-state index contributed by atoms with van der Waals surface area (Å²) < 4.78 is 1.52. The molecule has 3 rings (SSSR count). The lowest BCUT2D eigenvalue weighted by molar-refractivity contribution is 0.100. The normalized spacial score (nSPS) is 10.5. The van der Waals surface area contributed by atoms with Crippen molar-refractivity contribution < 1.29 is 9.59 Å². The van der Waals surface area contributed by atoms with Gasteiger partial charge in [0.1, 0.15) is 27.7 Å². The lowest BCUT2D eigenvalue weighted by Crippen LogP contribution is -2.28. The number of nitrogens with one attached hydrogen (secondary N) is 2. The third kappa shape index (κ3) is 3.52. The monoisotopic (exact) mass is 372 g/mol. The first-order valence-corrected chi connectivity index (χ1v) is 8.47. The van der Waals surface area contributed by atoms with E-state index in [0.717, 1.165) is 11.3 Å². The van der Waals surface area contributed by atoms with E-state index in [0.29, 0.717) is 39.3 Å². The van der Waals surface area contributed by atoms with E-state index < -0.39 is 5.91 Å². The standard InChI is InChI=1S/C15H16N8O2S/c1-3-17-15(25)21-9-5-4-8(6-18-9)14-22-10(11(26-14)12(16)24)13-19-7-20-23(13)2/h4-7H,3H2,1-2H3,(H2,16,24)(H2,17,18,21,25). The molecule has 0 atom stereocenters. The number of carbonyl (C=O) groups excluding carboxylic acids is 2. The van der Waals surface area contributed by atoms with Gasteiger partial charge in [0.05, 0.1) is 0 Å². The number of nitrogens with zero attached hydrogens (tertiary/aromatic N) is 5. The predicted molar refractivity (Wildman–Crippen MR) is 96.6 cm³/mol. The summed E-state index contributed by atoms with van der Waals surface area (Å²) in [5.74, 6) is 0.262. The molecule has 0 radical (unpaired) electrons. The largest absolute Gasteiger partial charge is 0.365 e. The summed E-state index contributed by atoms with van der Waals surface area (Å²) in [5, 5.41) is 9.78. The number of thiazole rings is 1. The summed E-state index contributed by atoms with van der Waals surface area (Å²) >= 11 is 1.15. The van der Waals surface area contributed by atoms with Crippen LogP contribution in [0.5, 0.6) is 0 Å². The van der Waals surface area contributed by atoms with Crippen molar-refractivity contribution in [2.45, 2.75) is 6.92 Å². The Bertz CT molecular complexity index is 947. The van der Waals surface area contributed by atoms with Crippen LogP contribution in [0.3, 0.4) is 0 Å². The molecule has 134 valence electrons. The smallest absolute Gasteiger partial charge is 0.320 e. The molecule has 26 heavy (non-hydrogen) atoms. The molecule has 0 aliphatic carbocycles. The quantitative estimate of drug-likeness (QED) is 0.615. The van der Waals surface area contributed by atoms with Crippen LogP contribution in [0.1, 0.15) is 16.6 Å². The second kappa shape index (κ2) is 7.27. The lowest BCUT2D eigenvalue weighted by atomic mass is 10.3. The number of hydrogen-bond acceptors (Lipinski definition) is 7. The number of aromatic nitrogens is 5. The number of hydrogen-bond donors (Lipinski definition) is 3. The maximum absolute atomic E-state index is 11.8. The van der Waals surface area contributed by atoms with Gasteiger partial charge >= 0.3 is 6.03 Å². The molecule has 11 heteroatoms. The molecule has 3 heterocycles. The number of amides is 3. The number of nitrogens with two attached hydrogens (primary N) is 1. The Morgan fingerprint density at radius 3 is 2.69 bits per heavy atom. The number of primary amides is 1. The van der Waals surface area contributed by atoms with Gasteiger partial charge in [-0.1, -0.05) is 0 Å². The van der Waals surface area contributed by atoms with Crippen molar-refractivity contribution in [2.75, 3.05) is 11.9 Å². The first-order chi connectivity index (χ1) is 12.5. The van der Waals surface area contributed by atoms with Crippen LogP contribution in [0.4, 0.5) is 10.6 Å². The number of rotatable bonds is 5. The maximum atomic E-state index is 11.8. The highest BCUT2D eigenvalue weighted by Gasteiger charge is 2.21. The fraction of sp³-hybridized carbons (Fsp3) is 0.200. The van der Waals surface area contributed by atoms with Crippen molar-refractivity contribution >= 4 is 29.1 Å². The molecule has 0 saturated carbocycles. The molecule has 3 aromatic rings. The van der Waals surface area contributed by atoms with Gasteiger partial charge in [-0.3, -0.25) is 10.1 Å². The molecule has 0 aromatic carbocycles. The molecule has 0 unspecified atom stereocenters. The first kappa shape index (κ1) is 17.5. The van der Waals surface area contributed by atoms with Gasteiger partial charge in [-0.15, -0.1) is 11.3 Å². The molecule has 0 saturated heterocycles. The number of anilines is 1. The summed E-state index contributed by atoms with van der Waals surface area (Å²) in [5.41, 5.74) is 6.54. The van der Waals surface area contributed by atoms with E-state index in [-0.39, 0.29) is 6.03 Å². The van der Waals surface area contributed by atoms with Crippen LogP contribution in [0, 0.1) is 0 Å². The number of pyridine rings is 1. The van der Waals surface area contributed by atoms with Gasteiger partial charge in [-0.25, -0.2) is 24.4 Å². The highest BCUT2D eigenvalue weighted by molar-refractivity contribution is 7.17. The minimum absolute atomic E-state index is 0.292. The van der Waals surface area contributed by atoms with Crippen LogP contribution in [0.2, 0.25) is 0 Å². The molecule has 3 amide bonds. The average Bonchev–Trinajstić information content (AvgIpc) is 3.21. The van der Waals surface area contributed by atoms with E-state index in [1.54, 1.807) is 25.4 Å². The van der Waals surface area contributed by atoms with Gasteiger partial charge in [0.25, 0.3) is 5.91 Å². The van der Waals surface area contributed by atoms with Crippen molar-refractivity contribution in [3.8, 4) is 22.1 Å². The summed E-state index contributed by atoms with van der Waals surface area (Å²) in [7, 11) is 1.70. The van der Waals surface area contributed by atoms with Crippen LogP contribution in [0.25, 0.3) is 22.1 Å². The van der Waals surface area contributed by atoms with Gasteiger partial charge in [-0.05, 0) is 19.1 Å². The molecule has 0 aliphatic heterocycles. The number of urea groups is 1. The fourth-order valence-electron chi connectivity index (χ4n) is 2.19. The Balaban J connectivity index is 1.91. The van der Waals surface area contributed by atoms with Crippen molar-refractivity contribution in [2.24, 2.45) is 12.8 Å². The van der Waals surface area contributed by atoms with Gasteiger partial charge in [0, 0.05) is 25.4 Å². The minimum Gasteiger partial charge on any atom is -0.365 e. The SMILES string of the molecule is CCNC(=O)Nc1ccc(-c2nc(-c3ncnn3C)c(C(N)=O)s2)cn1. The highest BCUT2D eigenvalue weighted by atomic mass is 32.1. The van der Waals surface area contributed by atoms with Crippen LogP contribution in [-0.4, -0.2) is 43.2 Å². The molecule has 0 bridgehead atoms. The molecule has 0 aliphatic rings. The van der Waals surface area contributed by atoms with Crippen LogP contribution in [-0.2, 0) is 7.05 Å². The highest BCUT2D eigenvalue weighted by Crippen LogP contribution is 2.32. The van der Waals surface area contributed by atoms with Gasteiger partial charge in [-0.2, -0.15) is 5.10 Å². The summed E-state index contributed by atoms with van der Waals surface area (Å²) in [6, 6.07) is 3.07. The van der Waals surface area contributed by atoms with Crippen molar-refractivity contribution in [3.63, 3.8) is 0 Å². The lowest BCUT2D eigenvalue weighted by Gasteiger charge is -2.05. The first-order valence-electron chi connectivity index (χ1n) is 7.66. The van der Waals surface area contributed by atoms with Gasteiger partial charge < -0.3 is 11.1 Å². The average molecular weight is 372 g/mol. The van der Waals surface area contributed by atoms with Crippen molar-refractivity contribution in [1.29, 1.82) is 0 Å². The second-order valence-electron chi connectivity index (χ2n) is 5.18. The fourth-order valence-corrected chi connectivity index (χ4v) is 3.09. The molecule has 0 spiro atoms. The topological polar surface area (TPSA) is 141 Å². The third-order valence-corrected chi connectivity index (χ3v) is 4.48. The summed E-state index contributed by atoms with van der Waals surface area (Å²) in [6.45, 7) is 2.34. The zero-order valence-corrected chi connectivity index (χ0v) is 14.9. The Labute approximate surface area is 152 Å². The van der Waals surface area contributed by atoms with E-state index in [1.807, 2.05) is 6.92 Å². The summed E-state index contributed by atoms with van der Waals surface area (Å²) in [4.78, 5) is 36.4. The van der Waals surface area contributed by atoms with Crippen LogP contribution < -0.4 is 16.4 Å². The third-order valence-electron chi connectivity index (χ3n) is 3.36. The second-order valence-corrected chi connectivity index (χ2v) is 6.18. The Morgan fingerprint density at radius 1 is 1.31 bits per heavy atom. The maximum Gasteiger partial charge on any atom is 0.320 e. The van der Waals surface area contributed by atoms with Crippen LogP contribution in [0.15, 0.2) is 24.7 Å². The van der Waals surface area contributed by atoms with Gasteiger partial charge in [0.2, 0.25) is 0 Å². The Morgan fingerprint density at radius 2 is 2.12 bits per heavy atom. The Kier molecular flexibility index (Phi) is 4.89. The minimum atomic E-state index is -0.589. The van der Waals surface area contributed by atoms with Gasteiger partial charge in [0.15, 0.2) is 5.82 Å². The van der Waals surface area contributed by atoms with E-state index in [2.05, 4.69) is 30.7 Å². The molecule has 3 aromatic heterocycles. The van der Waals surface area contributed by atoms with E-state index in [4.69, 9.17) is 5.73 Å². The number of aryl methyl sites for hydroxylation is 1. The predicted octanol–water partition coefficient (Wildman–Crippen LogP) is 1.24. The van der Waals surface area contributed by atoms with Crippen molar-refractivity contribution in [3.05, 3.63) is 29.5 Å². The molecule has 4 N–H and O–H groups in total. The molecule has 0 fully saturated rings. The molecule has 10 nitrogen and oxygen atoms in total. The zero-order valence-electron chi connectivity index (χ0n) is 14.1. The molecular weight excluding hydrogens is 356 g/mol. The van der Waals surface area contributed by atoms with E-state index in [9.17, 15) is 9.59 Å². The number of carbonyl (C=O) groups is 2. The van der Waals surface area contributed by atoms with E-state index >= 15 is 0 Å². The Hall–Kier alpha value is -3.34. The van der Waals surface area contributed by atoms with Crippen LogP contribution >= 0.6 is 11.3 Å². The molecular formula is C15H16N8O2S. The van der Waals surface area contributed by atoms with E-state index in [1.165, 1.54) is 11.0 Å². The van der Waals surface area contributed by atoms with Crippen molar-refractivity contribution in [1.82, 2.24) is 30.0 Å². The summed E-state index contributed by atoms with van der Waals surface area (Å²) in [6.07, 6.45) is 2.94. The zero-order chi connectivity index (χ0) is 18.7.